The van der Waals surface area contributed by atoms with Crippen LogP contribution in [-0.2, 0) is 6.42 Å². The van der Waals surface area contributed by atoms with Gasteiger partial charge in [0, 0.05) is 41.5 Å². The molecule has 1 aromatic heterocycles. The normalized spacial score (nSPS) is 19.1. The smallest absolute Gasteiger partial charge is 0.133 e. The summed E-state index contributed by atoms with van der Waals surface area (Å²) in [6.45, 7) is 0. The molecule has 0 saturated heterocycles. The van der Waals surface area contributed by atoms with Crippen LogP contribution in [0.25, 0.3) is 0 Å². The zero-order chi connectivity index (χ0) is 15.0. The number of fused-ring (bicyclic) bond motifs is 1. The molecule has 5 heteroatoms. The van der Waals surface area contributed by atoms with E-state index >= 15 is 0 Å². The Kier molecular flexibility index (Phi) is 3.68. The van der Waals surface area contributed by atoms with Gasteiger partial charge in [0.05, 0.1) is 0 Å². The summed E-state index contributed by atoms with van der Waals surface area (Å²) in [5.41, 5.74) is 7.68. The van der Waals surface area contributed by atoms with E-state index in [2.05, 4.69) is 4.98 Å². The number of nitrogens with zero attached hydrogens (tertiary/aromatic N) is 1. The number of aromatic nitrogens is 1. The van der Waals surface area contributed by atoms with Crippen LogP contribution in [0.5, 0.6) is 0 Å². The fourth-order valence-corrected chi connectivity index (χ4v) is 3.07. The fourth-order valence-electron chi connectivity index (χ4n) is 3.07. The second-order valence-corrected chi connectivity index (χ2v) is 5.36. The first-order valence-electron chi connectivity index (χ1n) is 6.91. The van der Waals surface area contributed by atoms with Crippen molar-refractivity contribution in [2.45, 2.75) is 31.2 Å². The molecule has 1 aliphatic carbocycles. The number of hydrogen-bond donors (Lipinski definition) is 1. The van der Waals surface area contributed by atoms with Gasteiger partial charge in [0.2, 0.25) is 0 Å². The van der Waals surface area contributed by atoms with E-state index in [1.165, 1.54) is 0 Å². The van der Waals surface area contributed by atoms with Gasteiger partial charge in [0.25, 0.3) is 0 Å². The highest BCUT2D eigenvalue weighted by Crippen LogP contribution is 2.39. The third-order valence-corrected chi connectivity index (χ3v) is 4.05. The van der Waals surface area contributed by atoms with Crippen LogP contribution in [0.1, 0.15) is 41.6 Å². The zero-order valence-corrected chi connectivity index (χ0v) is 11.3. The van der Waals surface area contributed by atoms with Gasteiger partial charge in [-0.25, -0.2) is 13.2 Å². The molecule has 0 saturated carbocycles. The summed E-state index contributed by atoms with van der Waals surface area (Å²) >= 11 is 0. The molecule has 0 radical (unpaired) electrons. The summed E-state index contributed by atoms with van der Waals surface area (Å²) in [4.78, 5) is 4.33. The van der Waals surface area contributed by atoms with Crippen molar-refractivity contribution >= 4 is 0 Å². The van der Waals surface area contributed by atoms with E-state index in [4.69, 9.17) is 5.73 Å². The molecular weight excluding hydrogens is 277 g/mol. The average molecular weight is 292 g/mol. The molecule has 2 atom stereocenters. The van der Waals surface area contributed by atoms with Crippen LogP contribution < -0.4 is 5.73 Å². The van der Waals surface area contributed by atoms with E-state index in [1.807, 2.05) is 12.1 Å². The molecule has 2 nitrogen and oxygen atoms in total. The number of benzene rings is 1. The second-order valence-electron chi connectivity index (χ2n) is 5.36. The van der Waals surface area contributed by atoms with Crippen LogP contribution >= 0.6 is 0 Å². The number of hydrogen-bond acceptors (Lipinski definition) is 2. The second kappa shape index (κ2) is 5.48. The molecule has 110 valence electrons. The van der Waals surface area contributed by atoms with Crippen molar-refractivity contribution in [3.8, 4) is 0 Å². The third kappa shape index (κ3) is 2.53. The third-order valence-electron chi connectivity index (χ3n) is 4.05. The number of halogens is 3. The summed E-state index contributed by atoms with van der Waals surface area (Å²) in [5, 5.41) is 0. The largest absolute Gasteiger partial charge is 0.323 e. The molecule has 1 aromatic carbocycles. The molecular formula is C16H15F3N2. The molecule has 0 aliphatic heterocycles. The molecule has 21 heavy (non-hydrogen) atoms. The standard InChI is InChI=1S/C16H15F3N2/c17-10-7-12(18)14(13(19)8-10)15(20)11-5-1-3-9-4-2-6-21-16(9)11/h2,4,6-8,11,15H,1,3,5,20H2. The van der Waals surface area contributed by atoms with Crippen LogP contribution in [0.2, 0.25) is 0 Å². The average Bonchev–Trinajstić information content (AvgIpc) is 2.45. The van der Waals surface area contributed by atoms with Crippen molar-refractivity contribution < 1.29 is 13.2 Å². The van der Waals surface area contributed by atoms with Crippen molar-refractivity contribution in [3.05, 3.63) is 64.7 Å². The van der Waals surface area contributed by atoms with E-state index in [0.29, 0.717) is 18.6 Å². The van der Waals surface area contributed by atoms with Crippen LogP contribution in [0.15, 0.2) is 30.5 Å². The quantitative estimate of drug-likeness (QED) is 0.918. The summed E-state index contributed by atoms with van der Waals surface area (Å²) < 4.78 is 40.8. The summed E-state index contributed by atoms with van der Waals surface area (Å²) in [6, 6.07) is 4.25. The molecule has 2 unspecified atom stereocenters. The van der Waals surface area contributed by atoms with Crippen molar-refractivity contribution in [2.75, 3.05) is 0 Å². The van der Waals surface area contributed by atoms with Gasteiger partial charge < -0.3 is 5.73 Å². The van der Waals surface area contributed by atoms with Gasteiger partial charge in [-0.3, -0.25) is 4.98 Å². The Morgan fingerprint density at radius 2 is 1.90 bits per heavy atom. The predicted molar refractivity (Wildman–Crippen MR) is 73.2 cm³/mol. The Morgan fingerprint density at radius 3 is 2.62 bits per heavy atom. The Bertz CT molecular complexity index is 649. The lowest BCUT2D eigenvalue weighted by Gasteiger charge is -2.29. The summed E-state index contributed by atoms with van der Waals surface area (Å²) in [6.07, 6.45) is 4.14. The van der Waals surface area contributed by atoms with Crippen LogP contribution in [0.3, 0.4) is 0 Å². The van der Waals surface area contributed by atoms with E-state index in [1.54, 1.807) is 6.20 Å². The molecule has 2 aromatic rings. The van der Waals surface area contributed by atoms with E-state index in [9.17, 15) is 13.2 Å². The number of nitrogens with two attached hydrogens (primary N) is 1. The van der Waals surface area contributed by atoms with Gasteiger partial charge in [-0.2, -0.15) is 0 Å². The molecule has 1 aliphatic rings. The highest BCUT2D eigenvalue weighted by molar-refractivity contribution is 5.32. The first-order valence-corrected chi connectivity index (χ1v) is 6.91. The Balaban J connectivity index is 2.03. The van der Waals surface area contributed by atoms with Crippen LogP contribution in [0.4, 0.5) is 13.2 Å². The molecule has 0 amide bonds. The Labute approximate surface area is 120 Å². The Morgan fingerprint density at radius 1 is 1.19 bits per heavy atom. The van der Waals surface area contributed by atoms with E-state index in [0.717, 1.165) is 24.1 Å². The van der Waals surface area contributed by atoms with Crippen molar-refractivity contribution in [2.24, 2.45) is 5.73 Å². The molecule has 1 heterocycles. The predicted octanol–water partition coefficient (Wildman–Crippen LogP) is 3.62. The lowest BCUT2D eigenvalue weighted by Crippen LogP contribution is -2.26. The number of aryl methyl sites for hydroxylation is 1. The maximum absolute atomic E-state index is 13.9. The minimum absolute atomic E-state index is 0.260. The maximum atomic E-state index is 13.9. The molecule has 2 N–H and O–H groups in total. The van der Waals surface area contributed by atoms with E-state index in [-0.39, 0.29) is 11.5 Å². The van der Waals surface area contributed by atoms with Crippen LogP contribution in [-0.4, -0.2) is 4.98 Å². The van der Waals surface area contributed by atoms with Crippen LogP contribution in [0, 0.1) is 17.5 Å². The minimum atomic E-state index is -0.942. The van der Waals surface area contributed by atoms with Gasteiger partial charge >= 0.3 is 0 Å². The van der Waals surface area contributed by atoms with Gasteiger partial charge in [-0.05, 0) is 30.9 Å². The molecule has 3 rings (SSSR count). The van der Waals surface area contributed by atoms with Crippen molar-refractivity contribution in [1.82, 2.24) is 4.98 Å². The Hall–Kier alpha value is -1.88. The fraction of sp³-hybridized carbons (Fsp3) is 0.312. The van der Waals surface area contributed by atoms with E-state index < -0.39 is 23.5 Å². The highest BCUT2D eigenvalue weighted by atomic mass is 19.1. The van der Waals surface area contributed by atoms with Gasteiger partial charge in [-0.15, -0.1) is 0 Å². The monoisotopic (exact) mass is 292 g/mol. The lowest BCUT2D eigenvalue weighted by molar-refractivity contribution is 0.425. The minimum Gasteiger partial charge on any atom is -0.323 e. The lowest BCUT2D eigenvalue weighted by atomic mass is 9.80. The summed E-state index contributed by atoms with van der Waals surface area (Å²) in [7, 11) is 0. The van der Waals surface area contributed by atoms with Gasteiger partial charge in [0.15, 0.2) is 0 Å². The van der Waals surface area contributed by atoms with Crippen molar-refractivity contribution in [3.63, 3.8) is 0 Å². The molecule has 0 fully saturated rings. The SMILES string of the molecule is NC(c1c(F)cc(F)cc1F)C1CCCc2cccnc21. The maximum Gasteiger partial charge on any atom is 0.133 e. The highest BCUT2D eigenvalue weighted by Gasteiger charge is 2.31. The number of rotatable bonds is 2. The molecule has 0 bridgehead atoms. The topological polar surface area (TPSA) is 38.9 Å². The first kappa shape index (κ1) is 14.1. The van der Waals surface area contributed by atoms with Gasteiger partial charge in [0.1, 0.15) is 17.5 Å². The number of pyridine rings is 1. The first-order chi connectivity index (χ1) is 10.1. The van der Waals surface area contributed by atoms with Crippen molar-refractivity contribution in [1.29, 1.82) is 0 Å². The molecule has 0 spiro atoms. The zero-order valence-electron chi connectivity index (χ0n) is 11.3. The van der Waals surface area contributed by atoms with Gasteiger partial charge in [-0.1, -0.05) is 6.07 Å². The summed E-state index contributed by atoms with van der Waals surface area (Å²) in [5.74, 6) is -3.08.